The van der Waals surface area contributed by atoms with E-state index in [-0.39, 0.29) is 11.8 Å². The molecule has 7 nitrogen and oxygen atoms in total. The Morgan fingerprint density at radius 2 is 1.79 bits per heavy atom. The first-order valence-corrected chi connectivity index (χ1v) is 9.61. The van der Waals surface area contributed by atoms with Crippen LogP contribution in [0.1, 0.15) is 27.3 Å². The molecular weight excluding hydrogens is 368 g/mol. The highest BCUT2D eigenvalue weighted by Crippen LogP contribution is 2.18. The van der Waals surface area contributed by atoms with Crippen LogP contribution in [-0.4, -0.2) is 47.9 Å². The van der Waals surface area contributed by atoms with Gasteiger partial charge in [-0.25, -0.2) is 4.98 Å². The number of carbonyl (C=O) groups is 2. The zero-order valence-electron chi connectivity index (χ0n) is 16.0. The maximum absolute atomic E-state index is 12.5. The number of hydrogen-bond donors (Lipinski definition) is 1. The molecule has 1 aliphatic rings. The minimum absolute atomic E-state index is 0.0798. The van der Waals surface area contributed by atoms with Gasteiger partial charge in [-0.05, 0) is 42.8 Å². The summed E-state index contributed by atoms with van der Waals surface area (Å²) in [7, 11) is 0. The third-order valence-corrected chi connectivity index (χ3v) is 4.88. The number of nitrogens with one attached hydrogen (secondary N) is 1. The number of benzene rings is 1. The second-order valence-electron chi connectivity index (χ2n) is 6.84. The topological polar surface area (TPSA) is 78.7 Å². The molecule has 0 aliphatic carbocycles. The highest BCUT2D eigenvalue weighted by Gasteiger charge is 2.22. The lowest BCUT2D eigenvalue weighted by Gasteiger charge is -2.22. The van der Waals surface area contributed by atoms with Crippen molar-refractivity contribution < 1.29 is 14.0 Å². The Labute approximate surface area is 169 Å². The summed E-state index contributed by atoms with van der Waals surface area (Å²) in [6.07, 6.45) is 4.02. The highest BCUT2D eigenvalue weighted by atomic mass is 16.3. The number of amides is 2. The van der Waals surface area contributed by atoms with E-state index in [1.165, 1.54) is 6.26 Å². The van der Waals surface area contributed by atoms with Crippen molar-refractivity contribution in [1.82, 2.24) is 9.88 Å². The number of hydrogen-bond acceptors (Lipinski definition) is 5. The van der Waals surface area contributed by atoms with Crippen LogP contribution >= 0.6 is 0 Å². The molecular formula is C22H22N4O3. The number of pyridine rings is 1. The minimum Gasteiger partial charge on any atom is -0.459 e. The lowest BCUT2D eigenvalue weighted by atomic mass is 10.2. The van der Waals surface area contributed by atoms with Crippen molar-refractivity contribution in [3.05, 3.63) is 78.4 Å². The van der Waals surface area contributed by atoms with Gasteiger partial charge >= 0.3 is 0 Å². The van der Waals surface area contributed by atoms with Crippen LogP contribution in [0.25, 0.3) is 0 Å². The maximum atomic E-state index is 12.5. The van der Waals surface area contributed by atoms with E-state index in [0.717, 1.165) is 18.8 Å². The minimum atomic E-state index is -0.165. The highest BCUT2D eigenvalue weighted by molar-refractivity contribution is 6.04. The molecule has 4 rings (SSSR count). The Kier molecular flexibility index (Phi) is 5.56. The number of aromatic nitrogens is 1. The fourth-order valence-corrected chi connectivity index (χ4v) is 3.35. The summed E-state index contributed by atoms with van der Waals surface area (Å²) >= 11 is 0. The first-order valence-electron chi connectivity index (χ1n) is 9.61. The molecule has 1 saturated heterocycles. The molecule has 148 valence electrons. The Morgan fingerprint density at radius 1 is 0.931 bits per heavy atom. The van der Waals surface area contributed by atoms with Gasteiger partial charge in [0, 0.05) is 31.7 Å². The van der Waals surface area contributed by atoms with Crippen molar-refractivity contribution in [2.24, 2.45) is 0 Å². The third-order valence-electron chi connectivity index (χ3n) is 4.88. The van der Waals surface area contributed by atoms with Crippen LogP contribution in [0, 0.1) is 0 Å². The molecule has 0 bridgehead atoms. The van der Waals surface area contributed by atoms with Crippen molar-refractivity contribution in [2.75, 3.05) is 36.4 Å². The molecule has 0 unspecified atom stereocenters. The lowest BCUT2D eigenvalue weighted by Crippen LogP contribution is -2.35. The fourth-order valence-electron chi connectivity index (χ4n) is 3.35. The van der Waals surface area contributed by atoms with E-state index >= 15 is 0 Å². The largest absolute Gasteiger partial charge is 0.459 e. The van der Waals surface area contributed by atoms with Crippen LogP contribution in [0.4, 0.5) is 11.5 Å². The standard InChI is InChI=1S/C22H22N4O3/c27-21(17-6-2-1-3-7-17)24-18-9-10-20(23-16-18)25-11-5-12-26(14-13-25)22(28)19-8-4-15-29-19/h1-4,6-10,15-16H,5,11-14H2,(H,24,27). The Bertz CT molecular complexity index is 955. The van der Waals surface area contributed by atoms with Crippen LogP contribution in [0.3, 0.4) is 0 Å². The van der Waals surface area contributed by atoms with Crippen molar-refractivity contribution in [1.29, 1.82) is 0 Å². The quantitative estimate of drug-likeness (QED) is 0.740. The van der Waals surface area contributed by atoms with Gasteiger partial charge in [-0.2, -0.15) is 0 Å². The molecule has 3 heterocycles. The summed E-state index contributed by atoms with van der Waals surface area (Å²) in [5.74, 6) is 0.955. The van der Waals surface area contributed by atoms with Crippen molar-refractivity contribution in [3.63, 3.8) is 0 Å². The number of anilines is 2. The monoisotopic (exact) mass is 390 g/mol. The molecule has 1 aliphatic heterocycles. The predicted molar refractivity (Wildman–Crippen MR) is 110 cm³/mol. The molecule has 0 atom stereocenters. The van der Waals surface area contributed by atoms with Crippen LogP contribution in [0.2, 0.25) is 0 Å². The average molecular weight is 390 g/mol. The summed E-state index contributed by atoms with van der Waals surface area (Å²) < 4.78 is 5.23. The normalized spacial score (nSPS) is 14.3. The molecule has 0 saturated carbocycles. The van der Waals surface area contributed by atoms with Gasteiger partial charge in [0.1, 0.15) is 5.82 Å². The zero-order valence-corrected chi connectivity index (χ0v) is 16.0. The van der Waals surface area contributed by atoms with E-state index in [0.29, 0.717) is 36.6 Å². The second kappa shape index (κ2) is 8.60. The zero-order chi connectivity index (χ0) is 20.1. The second-order valence-corrected chi connectivity index (χ2v) is 6.84. The number of carbonyl (C=O) groups excluding carboxylic acids is 2. The molecule has 1 fully saturated rings. The van der Waals surface area contributed by atoms with E-state index < -0.39 is 0 Å². The summed E-state index contributed by atoms with van der Waals surface area (Å²) in [5.41, 5.74) is 1.25. The predicted octanol–water partition coefficient (Wildman–Crippen LogP) is 3.28. The molecule has 3 aromatic rings. The summed E-state index contributed by atoms with van der Waals surface area (Å²) in [5, 5.41) is 2.86. The summed E-state index contributed by atoms with van der Waals surface area (Å²) in [6.45, 7) is 2.79. The maximum Gasteiger partial charge on any atom is 0.289 e. The number of nitrogens with zero attached hydrogens (tertiary/aromatic N) is 3. The molecule has 29 heavy (non-hydrogen) atoms. The van der Waals surface area contributed by atoms with Gasteiger partial charge in [0.05, 0.1) is 18.1 Å². The Balaban J connectivity index is 1.36. The molecule has 0 radical (unpaired) electrons. The van der Waals surface area contributed by atoms with Gasteiger partial charge in [-0.1, -0.05) is 18.2 Å². The fraction of sp³-hybridized carbons (Fsp3) is 0.227. The molecule has 1 N–H and O–H groups in total. The van der Waals surface area contributed by atoms with E-state index in [1.807, 2.05) is 35.2 Å². The molecule has 7 heteroatoms. The molecule has 2 amide bonds. The molecule has 0 spiro atoms. The summed E-state index contributed by atoms with van der Waals surface area (Å²) in [6, 6.07) is 16.2. The van der Waals surface area contributed by atoms with Crippen LogP contribution < -0.4 is 10.2 Å². The van der Waals surface area contributed by atoms with E-state index in [2.05, 4.69) is 15.2 Å². The van der Waals surface area contributed by atoms with Gasteiger partial charge < -0.3 is 19.5 Å². The average Bonchev–Trinajstić information content (AvgIpc) is 3.19. The van der Waals surface area contributed by atoms with Gasteiger partial charge in [-0.15, -0.1) is 0 Å². The van der Waals surface area contributed by atoms with E-state index in [4.69, 9.17) is 4.42 Å². The molecule has 1 aromatic carbocycles. The van der Waals surface area contributed by atoms with Gasteiger partial charge in [0.2, 0.25) is 0 Å². The van der Waals surface area contributed by atoms with Crippen molar-refractivity contribution in [3.8, 4) is 0 Å². The SMILES string of the molecule is O=C(Nc1ccc(N2CCCN(C(=O)c3ccco3)CC2)nc1)c1ccccc1. The number of rotatable bonds is 4. The van der Waals surface area contributed by atoms with E-state index in [1.54, 1.807) is 30.5 Å². The smallest absolute Gasteiger partial charge is 0.289 e. The summed E-state index contributed by atoms with van der Waals surface area (Å²) in [4.78, 5) is 33.2. The number of furan rings is 1. The molecule has 2 aromatic heterocycles. The first kappa shape index (κ1) is 18.7. The first-order chi connectivity index (χ1) is 14.2. The van der Waals surface area contributed by atoms with Gasteiger partial charge in [0.15, 0.2) is 5.76 Å². The Morgan fingerprint density at radius 3 is 2.52 bits per heavy atom. The van der Waals surface area contributed by atoms with Crippen molar-refractivity contribution >= 4 is 23.3 Å². The van der Waals surface area contributed by atoms with Crippen LogP contribution in [-0.2, 0) is 0 Å². The van der Waals surface area contributed by atoms with Gasteiger partial charge in [-0.3, -0.25) is 9.59 Å². The van der Waals surface area contributed by atoms with Crippen LogP contribution in [0.15, 0.2) is 71.5 Å². The third kappa shape index (κ3) is 4.45. The van der Waals surface area contributed by atoms with Crippen molar-refractivity contribution in [2.45, 2.75) is 6.42 Å². The van der Waals surface area contributed by atoms with Crippen LogP contribution in [0.5, 0.6) is 0 Å². The van der Waals surface area contributed by atoms with E-state index in [9.17, 15) is 9.59 Å². The van der Waals surface area contributed by atoms with Gasteiger partial charge in [0.25, 0.3) is 11.8 Å². The lowest BCUT2D eigenvalue weighted by molar-refractivity contribution is 0.0735. The Hall–Kier alpha value is -3.61.